The predicted octanol–water partition coefficient (Wildman–Crippen LogP) is 4.10. The molecule has 0 aliphatic rings. The summed E-state index contributed by atoms with van der Waals surface area (Å²) in [6, 6.07) is 4.37. The highest BCUT2D eigenvalue weighted by Crippen LogP contribution is 2.21. The first-order valence-electron chi connectivity index (χ1n) is 7.13. The summed E-state index contributed by atoms with van der Waals surface area (Å²) in [4.78, 5) is 9.05. The molecule has 0 fully saturated rings. The first-order valence-corrected chi connectivity index (χ1v) is 8.07. The van der Waals surface area contributed by atoms with Crippen molar-refractivity contribution in [2.75, 3.05) is 17.2 Å². The number of anilines is 2. The van der Waals surface area contributed by atoms with Gasteiger partial charge in [0.1, 0.15) is 17.5 Å². The van der Waals surface area contributed by atoms with E-state index in [1.807, 2.05) is 6.07 Å². The summed E-state index contributed by atoms with van der Waals surface area (Å²) < 4.78 is 0. The number of hydrogen-bond acceptors (Lipinski definition) is 5. The van der Waals surface area contributed by atoms with Crippen molar-refractivity contribution in [3.05, 3.63) is 34.3 Å². The van der Waals surface area contributed by atoms with Crippen LogP contribution >= 0.6 is 11.3 Å². The molecular formula is C15H22N4S. The van der Waals surface area contributed by atoms with E-state index in [-0.39, 0.29) is 6.04 Å². The van der Waals surface area contributed by atoms with Gasteiger partial charge in [-0.2, -0.15) is 11.3 Å². The minimum atomic E-state index is 0.250. The fraction of sp³-hybridized carbons (Fsp3) is 0.467. The van der Waals surface area contributed by atoms with Crippen LogP contribution in [0.15, 0.2) is 22.9 Å². The Bertz CT molecular complexity index is 525. The maximum atomic E-state index is 4.55. The quantitative estimate of drug-likeness (QED) is 0.806. The number of nitrogens with zero attached hydrogens (tertiary/aromatic N) is 2. The zero-order valence-corrected chi connectivity index (χ0v) is 13.1. The van der Waals surface area contributed by atoms with E-state index < -0.39 is 0 Å². The van der Waals surface area contributed by atoms with E-state index in [9.17, 15) is 0 Å². The van der Waals surface area contributed by atoms with Crippen molar-refractivity contribution in [3.8, 4) is 0 Å². The molecule has 0 radical (unpaired) electrons. The highest BCUT2D eigenvalue weighted by molar-refractivity contribution is 7.07. The second-order valence-electron chi connectivity index (χ2n) is 4.76. The summed E-state index contributed by atoms with van der Waals surface area (Å²) >= 11 is 1.72. The van der Waals surface area contributed by atoms with Crippen LogP contribution in [0.25, 0.3) is 0 Å². The van der Waals surface area contributed by atoms with Gasteiger partial charge in [0.15, 0.2) is 0 Å². The van der Waals surface area contributed by atoms with Crippen LogP contribution in [0.5, 0.6) is 0 Å². The van der Waals surface area contributed by atoms with Gasteiger partial charge in [0, 0.05) is 19.0 Å². The molecule has 2 aromatic heterocycles. The highest BCUT2D eigenvalue weighted by Gasteiger charge is 2.09. The summed E-state index contributed by atoms with van der Waals surface area (Å²) in [6.07, 6.45) is 1.92. The third kappa shape index (κ3) is 3.93. The van der Waals surface area contributed by atoms with Gasteiger partial charge in [-0.1, -0.05) is 13.8 Å². The summed E-state index contributed by atoms with van der Waals surface area (Å²) in [5.41, 5.74) is 1.29. The average molecular weight is 290 g/mol. The van der Waals surface area contributed by atoms with Gasteiger partial charge in [0.2, 0.25) is 0 Å². The van der Waals surface area contributed by atoms with Crippen molar-refractivity contribution >= 4 is 23.0 Å². The van der Waals surface area contributed by atoms with Crippen LogP contribution < -0.4 is 10.6 Å². The Morgan fingerprint density at radius 3 is 2.70 bits per heavy atom. The lowest BCUT2D eigenvalue weighted by Crippen LogP contribution is -2.11. The lowest BCUT2D eigenvalue weighted by molar-refractivity contribution is 0.858. The van der Waals surface area contributed by atoms with Gasteiger partial charge in [0.25, 0.3) is 0 Å². The van der Waals surface area contributed by atoms with Crippen LogP contribution in [0.2, 0.25) is 0 Å². The molecule has 0 spiro atoms. The Hall–Kier alpha value is -1.62. The Balaban J connectivity index is 2.13. The number of thiophene rings is 1. The largest absolute Gasteiger partial charge is 0.370 e. The van der Waals surface area contributed by atoms with Crippen LogP contribution in [0, 0.1) is 0 Å². The molecule has 0 aliphatic carbocycles. The van der Waals surface area contributed by atoms with Gasteiger partial charge in [-0.25, -0.2) is 9.97 Å². The molecule has 0 aromatic carbocycles. The molecule has 20 heavy (non-hydrogen) atoms. The molecule has 0 saturated heterocycles. The van der Waals surface area contributed by atoms with Crippen LogP contribution in [0.4, 0.5) is 11.6 Å². The predicted molar refractivity (Wildman–Crippen MR) is 86.5 cm³/mol. The minimum absolute atomic E-state index is 0.250. The van der Waals surface area contributed by atoms with Crippen molar-refractivity contribution in [1.29, 1.82) is 0 Å². The fourth-order valence-corrected chi connectivity index (χ4v) is 2.65. The number of aromatic nitrogens is 2. The van der Waals surface area contributed by atoms with Crippen LogP contribution in [0.1, 0.15) is 44.6 Å². The summed E-state index contributed by atoms with van der Waals surface area (Å²) in [6.45, 7) is 7.30. The van der Waals surface area contributed by atoms with Crippen molar-refractivity contribution < 1.29 is 0 Å². The summed E-state index contributed by atoms with van der Waals surface area (Å²) in [7, 11) is 0. The number of rotatable bonds is 7. The lowest BCUT2D eigenvalue weighted by atomic mass is 10.2. The van der Waals surface area contributed by atoms with E-state index >= 15 is 0 Å². The van der Waals surface area contributed by atoms with Gasteiger partial charge < -0.3 is 10.6 Å². The van der Waals surface area contributed by atoms with Crippen LogP contribution in [0.3, 0.4) is 0 Å². The van der Waals surface area contributed by atoms with Crippen LogP contribution in [-0.4, -0.2) is 16.5 Å². The molecular weight excluding hydrogens is 268 g/mol. The first-order chi connectivity index (χ1) is 9.72. The molecule has 0 amide bonds. The zero-order chi connectivity index (χ0) is 14.4. The second-order valence-corrected chi connectivity index (χ2v) is 5.54. The van der Waals surface area contributed by atoms with Gasteiger partial charge >= 0.3 is 0 Å². The smallest absolute Gasteiger partial charge is 0.132 e. The zero-order valence-electron chi connectivity index (χ0n) is 12.3. The van der Waals surface area contributed by atoms with Gasteiger partial charge in [-0.3, -0.25) is 0 Å². The topological polar surface area (TPSA) is 49.8 Å². The van der Waals surface area contributed by atoms with E-state index in [0.29, 0.717) is 0 Å². The van der Waals surface area contributed by atoms with E-state index in [1.54, 1.807) is 11.3 Å². The first kappa shape index (κ1) is 14.8. The van der Waals surface area contributed by atoms with Crippen molar-refractivity contribution in [1.82, 2.24) is 9.97 Å². The monoisotopic (exact) mass is 290 g/mol. The molecule has 1 unspecified atom stereocenters. The molecule has 0 saturated carbocycles. The Labute approximate surface area is 124 Å². The molecule has 0 bridgehead atoms. The van der Waals surface area contributed by atoms with Crippen molar-refractivity contribution in [2.24, 2.45) is 0 Å². The molecule has 4 nitrogen and oxygen atoms in total. The van der Waals surface area contributed by atoms with E-state index in [0.717, 1.165) is 36.8 Å². The highest BCUT2D eigenvalue weighted by atomic mass is 32.1. The molecule has 2 N–H and O–H groups in total. The SMILES string of the molecule is CCCNc1cc(NC(C)c2ccsc2)nc(CC)n1. The van der Waals surface area contributed by atoms with E-state index in [2.05, 4.69) is 58.2 Å². The van der Waals surface area contributed by atoms with Gasteiger partial charge in [-0.05, 0) is 35.7 Å². The van der Waals surface area contributed by atoms with Crippen molar-refractivity contribution in [2.45, 2.75) is 39.7 Å². The van der Waals surface area contributed by atoms with Crippen molar-refractivity contribution in [3.63, 3.8) is 0 Å². The molecule has 0 aliphatic heterocycles. The maximum Gasteiger partial charge on any atom is 0.132 e. The Morgan fingerprint density at radius 1 is 1.25 bits per heavy atom. The average Bonchev–Trinajstić information content (AvgIpc) is 2.99. The standard InChI is InChI=1S/C15H22N4S/c1-4-7-16-14-9-15(19-13(5-2)18-14)17-11(3)12-6-8-20-10-12/h6,8-11H,4-5,7H2,1-3H3,(H2,16,17,18,19). The lowest BCUT2D eigenvalue weighted by Gasteiger charge is -2.15. The van der Waals surface area contributed by atoms with E-state index in [4.69, 9.17) is 0 Å². The minimum Gasteiger partial charge on any atom is -0.370 e. The number of aryl methyl sites for hydroxylation is 1. The van der Waals surface area contributed by atoms with E-state index in [1.165, 1.54) is 5.56 Å². The number of hydrogen-bond donors (Lipinski definition) is 2. The maximum absolute atomic E-state index is 4.55. The Morgan fingerprint density at radius 2 is 2.05 bits per heavy atom. The van der Waals surface area contributed by atoms with Gasteiger partial charge in [-0.15, -0.1) is 0 Å². The normalized spacial score (nSPS) is 12.2. The third-order valence-electron chi connectivity index (χ3n) is 3.05. The summed E-state index contributed by atoms with van der Waals surface area (Å²) in [5, 5.41) is 11.0. The molecule has 5 heteroatoms. The summed E-state index contributed by atoms with van der Waals surface area (Å²) in [5.74, 6) is 2.65. The molecule has 2 heterocycles. The van der Waals surface area contributed by atoms with Crippen LogP contribution in [-0.2, 0) is 6.42 Å². The molecule has 1 atom stereocenters. The van der Waals surface area contributed by atoms with Gasteiger partial charge in [0.05, 0.1) is 6.04 Å². The fourth-order valence-electron chi connectivity index (χ4n) is 1.90. The second kappa shape index (κ2) is 7.24. The molecule has 2 aromatic rings. The molecule has 2 rings (SSSR count). The third-order valence-corrected chi connectivity index (χ3v) is 3.75. The molecule has 108 valence electrons. The number of nitrogens with one attached hydrogen (secondary N) is 2. The Kier molecular flexibility index (Phi) is 5.35.